The third-order valence-electron chi connectivity index (χ3n) is 5.30. The van der Waals surface area contributed by atoms with Crippen LogP contribution in [0.2, 0.25) is 0 Å². The number of benzene rings is 1. The third-order valence-corrected chi connectivity index (χ3v) is 5.30. The number of aromatic nitrogens is 4. The molecule has 1 fully saturated rings. The second-order valence-electron chi connectivity index (χ2n) is 7.63. The van der Waals surface area contributed by atoms with Gasteiger partial charge in [0.2, 0.25) is 5.88 Å². The molecule has 1 saturated heterocycles. The number of carbonyl (C=O) groups is 1. The molecule has 4 rings (SSSR count). The first-order valence-corrected chi connectivity index (χ1v) is 9.89. The molecule has 0 bridgehead atoms. The Bertz CT molecular complexity index is 1000. The zero-order valence-electron chi connectivity index (χ0n) is 16.9. The van der Waals surface area contributed by atoms with E-state index in [4.69, 9.17) is 4.74 Å². The van der Waals surface area contributed by atoms with E-state index in [2.05, 4.69) is 22.1 Å². The lowest BCUT2D eigenvalue weighted by Gasteiger charge is -2.38. The first kappa shape index (κ1) is 19.1. The maximum atomic E-state index is 13.5. The van der Waals surface area contributed by atoms with Crippen molar-refractivity contribution in [2.45, 2.75) is 45.8 Å². The standard InChI is InChI=1S/C22H25N5O2/c1-15-4-7-19(20(12-15)27-24-10-11-25-27)22(28)26-14-18(6-5-17(26)3)29-21-13-16(2)8-9-23-21/h4,7-13,17-18H,5-6,14H2,1-3H3. The van der Waals surface area contributed by atoms with Crippen molar-refractivity contribution < 1.29 is 9.53 Å². The van der Waals surface area contributed by atoms with Gasteiger partial charge in [0, 0.05) is 18.3 Å². The van der Waals surface area contributed by atoms with E-state index in [1.807, 2.05) is 49.1 Å². The summed E-state index contributed by atoms with van der Waals surface area (Å²) in [6.07, 6.45) is 6.65. The molecule has 150 valence electrons. The smallest absolute Gasteiger partial charge is 0.256 e. The predicted molar refractivity (Wildman–Crippen MR) is 109 cm³/mol. The Morgan fingerprint density at radius 3 is 2.55 bits per heavy atom. The molecule has 1 aliphatic rings. The zero-order chi connectivity index (χ0) is 20.4. The van der Waals surface area contributed by atoms with Gasteiger partial charge >= 0.3 is 0 Å². The number of pyridine rings is 1. The lowest BCUT2D eigenvalue weighted by atomic mass is 9.99. The van der Waals surface area contributed by atoms with Crippen molar-refractivity contribution in [3.05, 3.63) is 65.6 Å². The quantitative estimate of drug-likeness (QED) is 0.682. The predicted octanol–water partition coefficient (Wildman–Crippen LogP) is 3.35. The van der Waals surface area contributed by atoms with Gasteiger partial charge in [0.05, 0.1) is 30.2 Å². The number of amides is 1. The van der Waals surface area contributed by atoms with Gasteiger partial charge < -0.3 is 9.64 Å². The normalized spacial score (nSPS) is 19.2. The highest BCUT2D eigenvalue weighted by atomic mass is 16.5. The number of rotatable bonds is 4. The van der Waals surface area contributed by atoms with Crippen LogP contribution in [0, 0.1) is 13.8 Å². The summed E-state index contributed by atoms with van der Waals surface area (Å²) in [6, 6.07) is 9.73. The molecular formula is C22H25N5O2. The number of ether oxygens (including phenoxy) is 1. The molecule has 1 aliphatic heterocycles. The van der Waals surface area contributed by atoms with Gasteiger partial charge in [0.1, 0.15) is 6.10 Å². The summed E-state index contributed by atoms with van der Waals surface area (Å²) in [4.78, 5) is 21.2. The van der Waals surface area contributed by atoms with Gasteiger partial charge in [-0.25, -0.2) is 4.98 Å². The molecule has 1 amide bonds. The van der Waals surface area contributed by atoms with Crippen molar-refractivity contribution in [1.29, 1.82) is 0 Å². The van der Waals surface area contributed by atoms with Crippen LogP contribution in [-0.2, 0) is 0 Å². The van der Waals surface area contributed by atoms with Crippen LogP contribution in [0.5, 0.6) is 5.88 Å². The fourth-order valence-corrected chi connectivity index (χ4v) is 3.68. The Kier molecular flexibility index (Phi) is 5.29. The molecule has 7 heteroatoms. The Hall–Kier alpha value is -3.22. The molecule has 29 heavy (non-hydrogen) atoms. The minimum atomic E-state index is -0.0822. The van der Waals surface area contributed by atoms with E-state index in [1.165, 1.54) is 4.80 Å². The molecule has 7 nitrogen and oxygen atoms in total. The van der Waals surface area contributed by atoms with E-state index in [-0.39, 0.29) is 18.1 Å². The molecule has 2 atom stereocenters. The summed E-state index contributed by atoms with van der Waals surface area (Å²) < 4.78 is 6.09. The highest BCUT2D eigenvalue weighted by Gasteiger charge is 2.32. The van der Waals surface area contributed by atoms with Gasteiger partial charge in [0.25, 0.3) is 5.91 Å². The fourth-order valence-electron chi connectivity index (χ4n) is 3.68. The highest BCUT2D eigenvalue weighted by Crippen LogP contribution is 2.25. The summed E-state index contributed by atoms with van der Waals surface area (Å²) in [6.45, 7) is 6.60. The molecule has 0 spiro atoms. The number of hydrogen-bond donors (Lipinski definition) is 0. The van der Waals surface area contributed by atoms with E-state index < -0.39 is 0 Å². The van der Waals surface area contributed by atoms with Gasteiger partial charge in [0.15, 0.2) is 0 Å². The van der Waals surface area contributed by atoms with Crippen LogP contribution >= 0.6 is 0 Å². The van der Waals surface area contributed by atoms with Crippen LogP contribution in [0.4, 0.5) is 0 Å². The van der Waals surface area contributed by atoms with Crippen molar-refractivity contribution >= 4 is 5.91 Å². The van der Waals surface area contributed by atoms with Crippen molar-refractivity contribution in [2.24, 2.45) is 0 Å². The number of nitrogens with zero attached hydrogens (tertiary/aromatic N) is 5. The van der Waals surface area contributed by atoms with Crippen LogP contribution < -0.4 is 4.74 Å². The molecule has 0 saturated carbocycles. The maximum Gasteiger partial charge on any atom is 0.256 e. The van der Waals surface area contributed by atoms with Gasteiger partial charge in [-0.2, -0.15) is 15.0 Å². The van der Waals surface area contributed by atoms with E-state index >= 15 is 0 Å². The molecule has 3 aromatic rings. The molecule has 1 aromatic carbocycles. The lowest BCUT2D eigenvalue weighted by molar-refractivity contribution is 0.0372. The van der Waals surface area contributed by atoms with Crippen molar-refractivity contribution in [1.82, 2.24) is 24.9 Å². The number of carbonyl (C=O) groups excluding carboxylic acids is 1. The number of hydrogen-bond acceptors (Lipinski definition) is 5. The van der Waals surface area contributed by atoms with E-state index in [1.54, 1.807) is 18.6 Å². The molecule has 0 radical (unpaired) electrons. The number of aryl methyl sites for hydroxylation is 2. The van der Waals surface area contributed by atoms with E-state index in [9.17, 15) is 4.79 Å². The SMILES string of the molecule is Cc1ccnc(OC2CCC(C)N(C(=O)c3ccc(C)cc3-n3nccn3)C2)c1. The van der Waals surface area contributed by atoms with Crippen LogP contribution in [0.1, 0.15) is 41.3 Å². The van der Waals surface area contributed by atoms with Crippen LogP contribution in [-0.4, -0.2) is 49.5 Å². The second kappa shape index (κ2) is 8.03. The van der Waals surface area contributed by atoms with Gasteiger partial charge in [-0.3, -0.25) is 4.79 Å². The topological polar surface area (TPSA) is 73.1 Å². The highest BCUT2D eigenvalue weighted by molar-refractivity contribution is 5.98. The Labute approximate surface area is 170 Å². The average molecular weight is 391 g/mol. The lowest BCUT2D eigenvalue weighted by Crippen LogP contribution is -2.49. The molecule has 0 aliphatic carbocycles. The molecular weight excluding hydrogens is 366 g/mol. The molecule has 0 N–H and O–H groups in total. The van der Waals surface area contributed by atoms with Crippen LogP contribution in [0.15, 0.2) is 48.9 Å². The minimum absolute atomic E-state index is 0.0321. The van der Waals surface area contributed by atoms with E-state index in [0.717, 1.165) is 24.0 Å². The third kappa shape index (κ3) is 4.13. The average Bonchev–Trinajstić information content (AvgIpc) is 3.24. The van der Waals surface area contributed by atoms with Gasteiger partial charge in [-0.1, -0.05) is 6.07 Å². The summed E-state index contributed by atoms with van der Waals surface area (Å²) in [5.74, 6) is 0.573. The zero-order valence-corrected chi connectivity index (χ0v) is 16.9. The largest absolute Gasteiger partial charge is 0.472 e. The number of likely N-dealkylation sites (tertiary alicyclic amines) is 1. The first-order valence-electron chi connectivity index (χ1n) is 9.89. The van der Waals surface area contributed by atoms with Gasteiger partial charge in [-0.05, 0) is 62.9 Å². The fraction of sp³-hybridized carbons (Fsp3) is 0.364. The first-order chi connectivity index (χ1) is 14.0. The van der Waals surface area contributed by atoms with Gasteiger partial charge in [-0.15, -0.1) is 0 Å². The Balaban J connectivity index is 1.58. The minimum Gasteiger partial charge on any atom is -0.472 e. The summed E-state index contributed by atoms with van der Waals surface area (Å²) in [5.41, 5.74) is 3.43. The Morgan fingerprint density at radius 1 is 1.03 bits per heavy atom. The number of piperidine rings is 1. The van der Waals surface area contributed by atoms with Crippen LogP contribution in [0.3, 0.4) is 0 Å². The second-order valence-corrected chi connectivity index (χ2v) is 7.63. The molecule has 2 unspecified atom stereocenters. The maximum absolute atomic E-state index is 13.5. The monoisotopic (exact) mass is 391 g/mol. The summed E-state index contributed by atoms with van der Waals surface area (Å²) in [7, 11) is 0. The molecule has 2 aromatic heterocycles. The molecule has 3 heterocycles. The van der Waals surface area contributed by atoms with Crippen molar-refractivity contribution in [2.75, 3.05) is 6.54 Å². The van der Waals surface area contributed by atoms with Crippen molar-refractivity contribution in [3.8, 4) is 11.6 Å². The van der Waals surface area contributed by atoms with Crippen LogP contribution in [0.25, 0.3) is 5.69 Å². The van der Waals surface area contributed by atoms with E-state index in [0.29, 0.717) is 23.7 Å². The summed E-state index contributed by atoms with van der Waals surface area (Å²) in [5, 5.41) is 8.43. The van der Waals surface area contributed by atoms with Crippen molar-refractivity contribution in [3.63, 3.8) is 0 Å². The Morgan fingerprint density at radius 2 is 1.79 bits per heavy atom. The summed E-state index contributed by atoms with van der Waals surface area (Å²) >= 11 is 0.